The van der Waals surface area contributed by atoms with Crippen LogP contribution < -0.4 is 9.64 Å². The number of aromatic hydroxyl groups is 1. The number of hydrogen-bond acceptors (Lipinski definition) is 8. The number of carbonyl (C=O) groups excluding carboxylic acids is 4. The predicted octanol–water partition coefficient (Wildman–Crippen LogP) is 3.50. The average Bonchev–Trinajstić information content (AvgIpc) is 3.28. The van der Waals surface area contributed by atoms with Crippen LogP contribution in [0.3, 0.4) is 0 Å². The van der Waals surface area contributed by atoms with Crippen LogP contribution in [0.1, 0.15) is 24.3 Å². The van der Waals surface area contributed by atoms with Gasteiger partial charge >= 0.3 is 0 Å². The van der Waals surface area contributed by atoms with Crippen molar-refractivity contribution in [1.82, 2.24) is 4.90 Å². The van der Waals surface area contributed by atoms with Gasteiger partial charge in [0, 0.05) is 36.7 Å². The maximum Gasteiger partial charge on any atom is 0.269 e. The Kier molecular flexibility index (Phi) is 5.99. The standard InChI is InChI=1S/C28H23Cl2N3O8/c1-31-25(37)27(29)12-19-16(22(28(27,30)26(31)38)17-8-7-15(41-2)11-20(17)34)9-10-18-21(19)24(36)32(23(18)35)13-3-5-14(6-4-13)33(39)40/h3-9,11,18-19,21-22,34H,10,12H2,1-2H3/t18-,19+,21-,22+,27+,28-/m0/s1. The summed E-state index contributed by atoms with van der Waals surface area (Å²) in [6.45, 7) is 0. The Morgan fingerprint density at radius 1 is 1.02 bits per heavy atom. The highest BCUT2D eigenvalue weighted by molar-refractivity contribution is 6.53. The van der Waals surface area contributed by atoms with Gasteiger partial charge < -0.3 is 9.84 Å². The van der Waals surface area contributed by atoms with Crippen molar-refractivity contribution in [3.05, 3.63) is 69.8 Å². The van der Waals surface area contributed by atoms with Crippen LogP contribution >= 0.6 is 23.2 Å². The molecule has 4 aliphatic rings. The number of imide groups is 2. The largest absolute Gasteiger partial charge is 0.508 e. The van der Waals surface area contributed by atoms with Crippen molar-refractivity contribution in [2.24, 2.45) is 17.8 Å². The SMILES string of the molecule is COc1ccc([C@H]2C3=CC[C@@H]4C(=O)N(c5ccc([N+](=O)[O-])cc5)C(=O)[C@@H]4[C@@H]3C[C@@]3(Cl)C(=O)N(C)C(=O)[C@@]23Cl)c(O)c1. The molecular formula is C28H23Cl2N3O8. The van der Waals surface area contributed by atoms with Gasteiger partial charge in [-0.2, -0.15) is 0 Å². The molecule has 2 aromatic rings. The van der Waals surface area contributed by atoms with Gasteiger partial charge in [0.05, 0.1) is 29.6 Å². The third-order valence-corrected chi connectivity index (χ3v) is 10.3. The number of anilines is 1. The lowest BCUT2D eigenvalue weighted by atomic mass is 9.56. The van der Waals surface area contributed by atoms with E-state index in [1.807, 2.05) is 0 Å². The van der Waals surface area contributed by atoms with Gasteiger partial charge in [-0.15, -0.1) is 23.2 Å². The number of nitrogens with zero attached hydrogens (tertiary/aromatic N) is 3. The van der Waals surface area contributed by atoms with Crippen molar-refractivity contribution in [2.45, 2.75) is 28.5 Å². The van der Waals surface area contributed by atoms with Gasteiger partial charge in [-0.25, -0.2) is 0 Å². The molecule has 2 saturated heterocycles. The molecule has 4 amide bonds. The Bertz CT molecular complexity index is 1590. The minimum absolute atomic E-state index is 0.137. The van der Waals surface area contributed by atoms with E-state index in [9.17, 15) is 34.4 Å². The van der Waals surface area contributed by atoms with Crippen molar-refractivity contribution in [2.75, 3.05) is 19.1 Å². The summed E-state index contributed by atoms with van der Waals surface area (Å²) >= 11 is 14.2. The van der Waals surface area contributed by atoms with Crippen molar-refractivity contribution in [3.8, 4) is 11.5 Å². The summed E-state index contributed by atoms with van der Waals surface area (Å²) in [4.78, 5) is 63.0. The first-order valence-corrected chi connectivity index (χ1v) is 13.5. The van der Waals surface area contributed by atoms with Crippen LogP contribution in [0.15, 0.2) is 54.1 Å². The number of nitro groups is 1. The fourth-order valence-corrected chi connectivity index (χ4v) is 7.97. The maximum atomic E-state index is 13.9. The van der Waals surface area contributed by atoms with E-state index >= 15 is 0 Å². The molecule has 3 fully saturated rings. The van der Waals surface area contributed by atoms with Crippen molar-refractivity contribution in [3.63, 3.8) is 0 Å². The topological polar surface area (TPSA) is 147 Å². The van der Waals surface area contributed by atoms with Crippen LogP contribution in [0.4, 0.5) is 11.4 Å². The van der Waals surface area contributed by atoms with Gasteiger partial charge in [0.25, 0.3) is 17.5 Å². The number of carbonyl (C=O) groups is 4. The van der Waals surface area contributed by atoms with E-state index in [2.05, 4.69) is 0 Å². The number of halogens is 2. The van der Waals surface area contributed by atoms with Crippen LogP contribution in [-0.2, 0) is 19.2 Å². The van der Waals surface area contributed by atoms with E-state index in [0.29, 0.717) is 11.3 Å². The minimum Gasteiger partial charge on any atom is -0.508 e. The number of hydrogen-bond donors (Lipinski definition) is 1. The number of benzene rings is 2. The number of ether oxygens (including phenoxy) is 1. The lowest BCUT2D eigenvalue weighted by Crippen LogP contribution is -2.60. The fraction of sp³-hybridized carbons (Fsp3) is 0.357. The monoisotopic (exact) mass is 599 g/mol. The zero-order valence-electron chi connectivity index (χ0n) is 21.7. The number of allylic oxidation sites excluding steroid dienone is 2. The molecule has 2 aliphatic carbocycles. The van der Waals surface area contributed by atoms with Gasteiger partial charge in [0.2, 0.25) is 11.8 Å². The first-order chi connectivity index (χ1) is 19.4. The van der Waals surface area contributed by atoms with E-state index in [0.717, 1.165) is 9.80 Å². The number of alkyl halides is 2. The van der Waals surface area contributed by atoms with Gasteiger partial charge in [-0.1, -0.05) is 17.7 Å². The number of amides is 4. The summed E-state index contributed by atoms with van der Waals surface area (Å²) < 4.78 is 5.20. The Labute approximate surface area is 243 Å². The van der Waals surface area contributed by atoms with Crippen LogP contribution in [0, 0.1) is 27.9 Å². The van der Waals surface area contributed by atoms with Crippen molar-refractivity contribution >= 4 is 58.2 Å². The summed E-state index contributed by atoms with van der Waals surface area (Å²) in [6, 6.07) is 9.55. The number of likely N-dealkylation sites (tertiary alicyclic amines) is 1. The molecule has 1 N–H and O–H groups in total. The number of non-ortho nitro benzene ring substituents is 1. The van der Waals surface area contributed by atoms with Crippen molar-refractivity contribution in [1.29, 1.82) is 0 Å². The zero-order valence-corrected chi connectivity index (χ0v) is 23.3. The Hall–Kier alpha value is -3.96. The van der Waals surface area contributed by atoms with E-state index in [1.54, 1.807) is 12.1 Å². The van der Waals surface area contributed by atoms with Crippen LogP contribution in [0.5, 0.6) is 11.5 Å². The zero-order chi connectivity index (χ0) is 29.6. The summed E-state index contributed by atoms with van der Waals surface area (Å²) in [7, 11) is 2.71. The number of phenols is 1. The summed E-state index contributed by atoms with van der Waals surface area (Å²) in [5.41, 5.74) is 0.738. The number of methoxy groups -OCH3 is 1. The number of phenolic OH excluding ortho intramolecular Hbond substituents is 1. The molecule has 11 nitrogen and oxygen atoms in total. The van der Waals surface area contributed by atoms with Crippen LogP contribution in [-0.4, -0.2) is 62.5 Å². The molecule has 1 saturated carbocycles. The first-order valence-electron chi connectivity index (χ1n) is 12.8. The molecule has 0 aromatic heterocycles. The molecular weight excluding hydrogens is 577 g/mol. The molecule has 41 heavy (non-hydrogen) atoms. The molecule has 6 atom stereocenters. The summed E-state index contributed by atoms with van der Waals surface area (Å²) in [6.07, 6.45) is 1.69. The van der Waals surface area contributed by atoms with Gasteiger partial charge in [-0.3, -0.25) is 39.1 Å². The summed E-state index contributed by atoms with van der Waals surface area (Å²) in [5, 5.41) is 22.1. The van der Waals surface area contributed by atoms with E-state index in [-0.39, 0.29) is 35.5 Å². The quantitative estimate of drug-likeness (QED) is 0.184. The second-order valence-corrected chi connectivity index (χ2v) is 11.9. The van der Waals surface area contributed by atoms with Crippen LogP contribution in [0.2, 0.25) is 0 Å². The molecule has 2 aromatic carbocycles. The molecule has 2 aliphatic heterocycles. The van der Waals surface area contributed by atoms with Gasteiger partial charge in [0.15, 0.2) is 9.75 Å². The smallest absolute Gasteiger partial charge is 0.269 e. The van der Waals surface area contributed by atoms with E-state index in [1.165, 1.54) is 50.6 Å². The second kappa shape index (κ2) is 9.02. The molecule has 0 spiro atoms. The maximum absolute atomic E-state index is 13.9. The Balaban J connectivity index is 1.49. The van der Waals surface area contributed by atoms with E-state index < -0.39 is 62.0 Å². The molecule has 0 unspecified atom stereocenters. The lowest BCUT2D eigenvalue weighted by molar-refractivity contribution is -0.384. The third kappa shape index (κ3) is 3.45. The molecule has 0 bridgehead atoms. The fourth-order valence-electron chi connectivity index (χ4n) is 6.96. The summed E-state index contributed by atoms with van der Waals surface area (Å²) in [5.74, 6) is -6.00. The van der Waals surface area contributed by atoms with Crippen LogP contribution in [0.25, 0.3) is 0 Å². The highest BCUT2D eigenvalue weighted by atomic mass is 35.5. The lowest BCUT2D eigenvalue weighted by Gasteiger charge is -2.50. The number of nitro benzene ring substituents is 1. The third-order valence-electron chi connectivity index (χ3n) is 8.88. The highest BCUT2D eigenvalue weighted by Gasteiger charge is 2.76. The molecule has 0 radical (unpaired) electrons. The minimum atomic E-state index is -2.02. The molecule has 13 heteroatoms. The first kappa shape index (κ1) is 27.2. The highest BCUT2D eigenvalue weighted by Crippen LogP contribution is 2.66. The average molecular weight is 600 g/mol. The Morgan fingerprint density at radius 3 is 2.32 bits per heavy atom. The van der Waals surface area contributed by atoms with Gasteiger partial charge in [0.1, 0.15) is 11.5 Å². The normalized spacial score (nSPS) is 32.4. The van der Waals surface area contributed by atoms with Crippen molar-refractivity contribution < 1.29 is 33.9 Å². The van der Waals surface area contributed by atoms with Gasteiger partial charge in [-0.05, 0) is 37.0 Å². The predicted molar refractivity (Wildman–Crippen MR) is 146 cm³/mol. The number of fused-ring (bicyclic) bond motifs is 4. The molecule has 2 heterocycles. The van der Waals surface area contributed by atoms with E-state index in [4.69, 9.17) is 27.9 Å². The second-order valence-electron chi connectivity index (χ2n) is 10.7. The molecule has 6 rings (SSSR count). The number of rotatable bonds is 4. The Morgan fingerprint density at radius 2 is 1.71 bits per heavy atom. The molecule has 212 valence electrons.